The van der Waals surface area contributed by atoms with Crippen LogP contribution in [0.15, 0.2) is 18.2 Å². The molecule has 2 rings (SSSR count). The number of halogens is 4. The average molecular weight is 444 g/mol. The van der Waals surface area contributed by atoms with Gasteiger partial charge in [0.15, 0.2) is 15.5 Å². The van der Waals surface area contributed by atoms with Crippen molar-refractivity contribution in [2.45, 2.75) is 6.18 Å². The molecule has 0 spiro atoms. The number of nitro benzene ring substituents is 1. The van der Waals surface area contributed by atoms with E-state index in [2.05, 4.69) is 5.10 Å². The second-order valence-electron chi connectivity index (χ2n) is 5.56. The summed E-state index contributed by atoms with van der Waals surface area (Å²) in [5, 5.41) is 13.8. The molecule has 0 radical (unpaired) electrons. The second-order valence-corrected chi connectivity index (χ2v) is 8.19. The van der Waals surface area contributed by atoms with Crippen LogP contribution in [-0.2, 0) is 23.1 Å². The van der Waals surface area contributed by atoms with Crippen molar-refractivity contribution in [2.75, 3.05) is 18.6 Å². The number of ether oxygens (including phenoxy) is 2. The van der Waals surface area contributed by atoms with E-state index in [4.69, 9.17) is 21.1 Å². The van der Waals surface area contributed by atoms with Crippen LogP contribution in [0.25, 0.3) is 0 Å². The van der Waals surface area contributed by atoms with Gasteiger partial charge in [-0.25, -0.2) is 8.42 Å². The third-order valence-electron chi connectivity index (χ3n) is 3.28. The Balaban J connectivity index is 2.32. The molecule has 0 bridgehead atoms. The summed E-state index contributed by atoms with van der Waals surface area (Å²) in [7, 11) is -2.35. The van der Waals surface area contributed by atoms with Crippen molar-refractivity contribution >= 4 is 27.1 Å². The number of sulfone groups is 1. The molecule has 0 unspecified atom stereocenters. The molecule has 0 amide bonds. The summed E-state index contributed by atoms with van der Waals surface area (Å²) >= 11 is 5.68. The first-order valence-electron chi connectivity index (χ1n) is 7.36. The lowest BCUT2D eigenvalue weighted by molar-refractivity contribution is -0.385. The summed E-state index contributed by atoms with van der Waals surface area (Å²) in [5.74, 6) is -1.42. The molecule has 0 fully saturated rings. The van der Waals surface area contributed by atoms with Crippen molar-refractivity contribution in [3.8, 4) is 17.4 Å². The predicted molar refractivity (Wildman–Crippen MR) is 91.6 cm³/mol. The Morgan fingerprint density at radius 3 is 2.50 bits per heavy atom. The third-order valence-corrected chi connectivity index (χ3v) is 4.53. The van der Waals surface area contributed by atoms with E-state index in [1.807, 2.05) is 0 Å². The van der Waals surface area contributed by atoms with E-state index in [0.717, 1.165) is 31.5 Å². The fraction of sp³-hybridized carbons (Fsp3) is 0.357. The van der Waals surface area contributed by atoms with Gasteiger partial charge in [-0.2, -0.15) is 13.2 Å². The maximum Gasteiger partial charge on any atom is 0.434 e. The number of hydrogen-bond donors (Lipinski definition) is 0. The van der Waals surface area contributed by atoms with Crippen LogP contribution in [0, 0.1) is 10.1 Å². The van der Waals surface area contributed by atoms with Crippen LogP contribution in [0.5, 0.6) is 17.4 Å². The van der Waals surface area contributed by atoms with Crippen LogP contribution in [0.4, 0.5) is 18.9 Å². The lowest BCUT2D eigenvalue weighted by Gasteiger charge is -2.09. The summed E-state index contributed by atoms with van der Waals surface area (Å²) < 4.78 is 72.0. The molecule has 154 valence electrons. The van der Waals surface area contributed by atoms with Gasteiger partial charge in [-0.3, -0.25) is 14.8 Å². The van der Waals surface area contributed by atoms with E-state index in [1.54, 1.807) is 0 Å². The molecule has 0 aliphatic heterocycles. The highest BCUT2D eigenvalue weighted by molar-refractivity contribution is 7.90. The zero-order chi connectivity index (χ0) is 21.3. The van der Waals surface area contributed by atoms with Crippen LogP contribution in [0.2, 0.25) is 5.02 Å². The zero-order valence-corrected chi connectivity index (χ0v) is 15.9. The van der Waals surface area contributed by atoms with Gasteiger partial charge in [0.25, 0.3) is 5.88 Å². The number of nitro groups is 1. The maximum atomic E-state index is 13.0. The van der Waals surface area contributed by atoms with E-state index in [1.165, 1.54) is 0 Å². The summed E-state index contributed by atoms with van der Waals surface area (Å²) in [5.41, 5.74) is -1.71. The lowest BCUT2D eigenvalue weighted by atomic mass is 10.3. The Labute approximate surface area is 161 Å². The Morgan fingerprint density at radius 2 is 2.00 bits per heavy atom. The number of nitrogens with zero attached hydrogens (tertiary/aromatic N) is 3. The zero-order valence-electron chi connectivity index (χ0n) is 14.4. The van der Waals surface area contributed by atoms with E-state index in [0.29, 0.717) is 4.68 Å². The van der Waals surface area contributed by atoms with Gasteiger partial charge in [0, 0.05) is 25.4 Å². The van der Waals surface area contributed by atoms with E-state index in [-0.39, 0.29) is 18.1 Å². The van der Waals surface area contributed by atoms with Gasteiger partial charge in [0.05, 0.1) is 10.7 Å². The van der Waals surface area contributed by atoms with Gasteiger partial charge in [-0.05, 0) is 6.07 Å². The van der Waals surface area contributed by atoms with E-state index < -0.39 is 49.0 Å². The smallest absolute Gasteiger partial charge is 0.434 e. The minimum atomic E-state index is -4.77. The Hall–Kier alpha value is -2.54. The first-order valence-corrected chi connectivity index (χ1v) is 9.80. The number of aryl methyl sites for hydroxylation is 1. The molecule has 2 aromatic rings. The maximum absolute atomic E-state index is 13.0. The van der Waals surface area contributed by atoms with Crippen LogP contribution >= 0.6 is 11.6 Å². The molecule has 0 aliphatic rings. The minimum absolute atomic E-state index is 0.145. The Morgan fingerprint density at radius 1 is 1.36 bits per heavy atom. The lowest BCUT2D eigenvalue weighted by Crippen LogP contribution is -2.12. The number of rotatable bonds is 7. The van der Waals surface area contributed by atoms with Crippen LogP contribution in [0.3, 0.4) is 0 Å². The molecule has 28 heavy (non-hydrogen) atoms. The summed E-state index contributed by atoms with van der Waals surface area (Å²) in [6, 6.07) is 3.13. The quantitative estimate of drug-likeness (QED) is 0.476. The van der Waals surface area contributed by atoms with Gasteiger partial charge in [0.1, 0.15) is 17.4 Å². The van der Waals surface area contributed by atoms with Gasteiger partial charge in [-0.1, -0.05) is 11.6 Å². The first kappa shape index (κ1) is 21.8. The fourth-order valence-electron chi connectivity index (χ4n) is 2.09. The van der Waals surface area contributed by atoms with Gasteiger partial charge >= 0.3 is 11.9 Å². The molecule has 0 saturated heterocycles. The Kier molecular flexibility index (Phi) is 6.09. The molecule has 1 heterocycles. The standard InChI is InChI=1S/C14H13ClF3N3O6S/c1-20-12(14(16,17)18)11(15)13(19-20)27-8-3-4-9(21(22)23)10(7-8)26-5-6-28(2,24)25/h3-4,7H,5-6H2,1-2H3. The van der Waals surface area contributed by atoms with Crippen LogP contribution in [0.1, 0.15) is 5.69 Å². The number of aromatic nitrogens is 2. The molecular weight excluding hydrogens is 431 g/mol. The molecule has 14 heteroatoms. The molecular formula is C14H13ClF3N3O6S. The van der Waals surface area contributed by atoms with Crippen LogP contribution < -0.4 is 9.47 Å². The summed E-state index contributed by atoms with van der Waals surface area (Å²) in [4.78, 5) is 10.3. The highest BCUT2D eigenvalue weighted by Gasteiger charge is 2.39. The topological polar surface area (TPSA) is 114 Å². The number of hydrogen-bond acceptors (Lipinski definition) is 7. The molecule has 0 saturated carbocycles. The monoisotopic (exact) mass is 443 g/mol. The molecule has 1 aromatic carbocycles. The highest BCUT2D eigenvalue weighted by Crippen LogP contribution is 2.41. The summed E-state index contributed by atoms with van der Waals surface area (Å²) in [6.07, 6.45) is -3.80. The highest BCUT2D eigenvalue weighted by atomic mass is 35.5. The Bertz CT molecular complexity index is 1010. The van der Waals surface area contributed by atoms with E-state index in [9.17, 15) is 31.7 Å². The van der Waals surface area contributed by atoms with Crippen molar-refractivity contribution in [3.05, 3.63) is 39.0 Å². The second kappa shape index (κ2) is 7.83. The molecule has 0 atom stereocenters. The largest absolute Gasteiger partial charge is 0.486 e. The average Bonchev–Trinajstić information content (AvgIpc) is 2.79. The number of benzene rings is 1. The SMILES string of the molecule is Cn1nc(Oc2ccc([N+](=O)[O-])c(OCCS(C)(=O)=O)c2)c(Cl)c1C(F)(F)F. The third kappa shape index (κ3) is 5.25. The van der Waals surface area contributed by atoms with Crippen molar-refractivity contribution < 1.29 is 36.0 Å². The van der Waals surface area contributed by atoms with Gasteiger partial charge < -0.3 is 9.47 Å². The van der Waals surface area contributed by atoms with Crippen molar-refractivity contribution in [1.29, 1.82) is 0 Å². The molecule has 0 aliphatic carbocycles. The van der Waals surface area contributed by atoms with Crippen molar-refractivity contribution in [1.82, 2.24) is 9.78 Å². The minimum Gasteiger partial charge on any atom is -0.486 e. The summed E-state index contributed by atoms with van der Waals surface area (Å²) in [6.45, 7) is -0.369. The fourth-order valence-corrected chi connectivity index (χ4v) is 2.78. The van der Waals surface area contributed by atoms with Crippen molar-refractivity contribution in [3.63, 3.8) is 0 Å². The first-order chi connectivity index (χ1) is 12.8. The van der Waals surface area contributed by atoms with Gasteiger partial charge in [0.2, 0.25) is 5.75 Å². The molecule has 1 aromatic heterocycles. The molecule has 9 nitrogen and oxygen atoms in total. The molecule has 0 N–H and O–H groups in total. The predicted octanol–water partition coefficient (Wildman–Crippen LogP) is 3.22. The normalized spacial score (nSPS) is 12.1. The van der Waals surface area contributed by atoms with E-state index >= 15 is 0 Å². The number of alkyl halides is 3. The van der Waals surface area contributed by atoms with Gasteiger partial charge in [-0.15, -0.1) is 5.10 Å². The van der Waals surface area contributed by atoms with Crippen molar-refractivity contribution in [2.24, 2.45) is 7.05 Å². The van der Waals surface area contributed by atoms with Crippen LogP contribution in [-0.4, -0.2) is 41.7 Å².